The summed E-state index contributed by atoms with van der Waals surface area (Å²) in [5, 5.41) is 9.99. The molecule has 5 nitrogen and oxygen atoms in total. The monoisotopic (exact) mass is 264 g/mol. The number of likely N-dealkylation sites (tertiary alicyclic amines) is 1. The van der Waals surface area contributed by atoms with Crippen LogP contribution in [-0.4, -0.2) is 46.7 Å². The summed E-state index contributed by atoms with van der Waals surface area (Å²) in [5.74, 6) is -0.0201. The number of carbonyl (C=O) groups is 1. The second-order valence-corrected chi connectivity index (χ2v) is 5.54. The molecule has 1 aromatic heterocycles. The van der Waals surface area contributed by atoms with Gasteiger partial charge in [-0.1, -0.05) is 6.42 Å². The Labute approximate surface area is 114 Å². The Morgan fingerprint density at radius 3 is 2.63 bits per heavy atom. The second-order valence-electron chi connectivity index (χ2n) is 5.54. The molecule has 1 amide bonds. The first-order valence-electron chi connectivity index (χ1n) is 7.12. The van der Waals surface area contributed by atoms with Crippen molar-refractivity contribution in [3.63, 3.8) is 0 Å². The summed E-state index contributed by atoms with van der Waals surface area (Å²) in [6, 6.07) is 0.166. The van der Waals surface area contributed by atoms with Crippen LogP contribution in [0.15, 0.2) is 0 Å². The van der Waals surface area contributed by atoms with Crippen LogP contribution in [0.25, 0.3) is 0 Å². The number of nitrogens with zero attached hydrogens (tertiary/aromatic N) is 2. The molecule has 0 aromatic carbocycles. The molecule has 1 aliphatic heterocycles. The maximum Gasteiger partial charge on any atom is 0.255 e. The molecule has 0 bridgehead atoms. The van der Waals surface area contributed by atoms with Gasteiger partial charge in [0.15, 0.2) is 0 Å². The highest BCUT2D eigenvalue weighted by atomic mass is 16.1. The number of rotatable bonds is 4. The summed E-state index contributed by atoms with van der Waals surface area (Å²) in [4.78, 5) is 14.6. The molecule has 0 spiro atoms. The average molecular weight is 264 g/mol. The number of hydrogen-bond donors (Lipinski definition) is 2. The van der Waals surface area contributed by atoms with Gasteiger partial charge in [-0.15, -0.1) is 0 Å². The number of carbonyl (C=O) groups excluding carboxylic acids is 1. The molecule has 19 heavy (non-hydrogen) atoms. The minimum atomic E-state index is -0.0201. The standard InChI is InChI=1S/C14H24N4O/c1-10(9-18-7-5-4-6-8-18)15-14(19)13-11(2)16-17-12(13)3/h10H,4-9H2,1-3H3,(H,15,19)(H,16,17). The van der Waals surface area contributed by atoms with Gasteiger partial charge in [-0.2, -0.15) is 5.10 Å². The third-order valence-electron chi connectivity index (χ3n) is 3.71. The zero-order valence-corrected chi connectivity index (χ0v) is 12.1. The van der Waals surface area contributed by atoms with E-state index in [4.69, 9.17) is 0 Å². The fourth-order valence-electron chi connectivity index (χ4n) is 2.76. The number of aromatic nitrogens is 2. The van der Waals surface area contributed by atoms with Gasteiger partial charge in [0.2, 0.25) is 0 Å². The van der Waals surface area contributed by atoms with Gasteiger partial charge in [-0.25, -0.2) is 0 Å². The SMILES string of the molecule is Cc1n[nH]c(C)c1C(=O)NC(C)CN1CCCCC1. The zero-order valence-electron chi connectivity index (χ0n) is 12.1. The van der Waals surface area contributed by atoms with Crippen molar-refractivity contribution in [3.8, 4) is 0 Å². The molecular formula is C14H24N4O. The Bertz CT molecular complexity index is 415. The Morgan fingerprint density at radius 1 is 1.37 bits per heavy atom. The lowest BCUT2D eigenvalue weighted by Gasteiger charge is -2.29. The van der Waals surface area contributed by atoms with E-state index in [9.17, 15) is 4.79 Å². The van der Waals surface area contributed by atoms with E-state index in [0.717, 1.165) is 31.0 Å². The zero-order chi connectivity index (χ0) is 13.8. The van der Waals surface area contributed by atoms with Crippen molar-refractivity contribution in [1.29, 1.82) is 0 Å². The second kappa shape index (κ2) is 6.19. The van der Waals surface area contributed by atoms with Crippen LogP contribution in [-0.2, 0) is 0 Å². The molecule has 5 heteroatoms. The van der Waals surface area contributed by atoms with Gasteiger partial charge >= 0.3 is 0 Å². The summed E-state index contributed by atoms with van der Waals surface area (Å²) >= 11 is 0. The quantitative estimate of drug-likeness (QED) is 0.869. The number of amides is 1. The summed E-state index contributed by atoms with van der Waals surface area (Å²) in [6.45, 7) is 9.05. The van der Waals surface area contributed by atoms with Crippen LogP contribution < -0.4 is 5.32 Å². The third kappa shape index (κ3) is 3.56. The van der Waals surface area contributed by atoms with E-state index in [0.29, 0.717) is 5.56 Å². The molecule has 0 saturated carbocycles. The Balaban J connectivity index is 1.88. The average Bonchev–Trinajstić information content (AvgIpc) is 2.70. The Morgan fingerprint density at radius 2 is 2.05 bits per heavy atom. The van der Waals surface area contributed by atoms with Crippen molar-refractivity contribution in [1.82, 2.24) is 20.4 Å². The van der Waals surface area contributed by atoms with E-state index in [1.54, 1.807) is 0 Å². The van der Waals surface area contributed by atoms with Gasteiger partial charge in [0.25, 0.3) is 5.91 Å². The van der Waals surface area contributed by atoms with Crippen LogP contribution in [0.3, 0.4) is 0 Å². The molecule has 2 heterocycles. The third-order valence-corrected chi connectivity index (χ3v) is 3.71. The fraction of sp³-hybridized carbons (Fsp3) is 0.714. The molecule has 0 aliphatic carbocycles. The van der Waals surface area contributed by atoms with Crippen LogP contribution in [0.4, 0.5) is 0 Å². The van der Waals surface area contributed by atoms with E-state index < -0.39 is 0 Å². The molecule has 1 atom stereocenters. The lowest BCUT2D eigenvalue weighted by atomic mass is 10.1. The first-order chi connectivity index (χ1) is 9.08. The minimum Gasteiger partial charge on any atom is -0.348 e. The van der Waals surface area contributed by atoms with E-state index in [2.05, 4.69) is 27.3 Å². The summed E-state index contributed by atoms with van der Waals surface area (Å²) in [5.41, 5.74) is 2.28. The van der Waals surface area contributed by atoms with Gasteiger partial charge in [0.05, 0.1) is 11.3 Å². The molecule has 2 N–H and O–H groups in total. The fourth-order valence-corrected chi connectivity index (χ4v) is 2.76. The van der Waals surface area contributed by atoms with E-state index in [-0.39, 0.29) is 11.9 Å². The number of aromatic amines is 1. The molecule has 2 rings (SSSR count). The normalized spacial score (nSPS) is 18.3. The van der Waals surface area contributed by atoms with Gasteiger partial charge in [-0.05, 0) is 46.7 Å². The number of nitrogens with one attached hydrogen (secondary N) is 2. The van der Waals surface area contributed by atoms with E-state index >= 15 is 0 Å². The molecule has 1 aromatic rings. The van der Waals surface area contributed by atoms with Crippen LogP contribution >= 0.6 is 0 Å². The topological polar surface area (TPSA) is 61.0 Å². The van der Waals surface area contributed by atoms with Crippen molar-refractivity contribution >= 4 is 5.91 Å². The van der Waals surface area contributed by atoms with Gasteiger partial charge in [0.1, 0.15) is 0 Å². The highest BCUT2D eigenvalue weighted by Crippen LogP contribution is 2.11. The Hall–Kier alpha value is -1.36. The maximum atomic E-state index is 12.2. The first kappa shape index (κ1) is 14.1. The molecule has 1 unspecified atom stereocenters. The number of piperidine rings is 1. The largest absolute Gasteiger partial charge is 0.348 e. The lowest BCUT2D eigenvalue weighted by molar-refractivity contribution is 0.0924. The molecule has 0 radical (unpaired) electrons. The highest BCUT2D eigenvalue weighted by Gasteiger charge is 2.19. The Kier molecular flexibility index (Phi) is 4.58. The van der Waals surface area contributed by atoms with Gasteiger partial charge in [0, 0.05) is 18.3 Å². The lowest BCUT2D eigenvalue weighted by Crippen LogP contribution is -2.43. The van der Waals surface area contributed by atoms with Crippen LogP contribution in [0.1, 0.15) is 47.9 Å². The van der Waals surface area contributed by atoms with Gasteiger partial charge < -0.3 is 10.2 Å². The van der Waals surface area contributed by atoms with Crippen LogP contribution in [0.2, 0.25) is 0 Å². The van der Waals surface area contributed by atoms with E-state index in [1.807, 2.05) is 13.8 Å². The van der Waals surface area contributed by atoms with Crippen LogP contribution in [0.5, 0.6) is 0 Å². The minimum absolute atomic E-state index is 0.0201. The summed E-state index contributed by atoms with van der Waals surface area (Å²) in [7, 11) is 0. The summed E-state index contributed by atoms with van der Waals surface area (Å²) in [6.07, 6.45) is 3.89. The number of H-pyrrole nitrogens is 1. The van der Waals surface area contributed by atoms with Crippen LogP contribution in [0, 0.1) is 13.8 Å². The molecular weight excluding hydrogens is 240 g/mol. The molecule has 1 aliphatic rings. The van der Waals surface area contributed by atoms with Gasteiger partial charge in [-0.3, -0.25) is 9.89 Å². The molecule has 1 fully saturated rings. The van der Waals surface area contributed by atoms with Crippen molar-refractivity contribution < 1.29 is 4.79 Å². The van der Waals surface area contributed by atoms with Crippen molar-refractivity contribution in [2.45, 2.75) is 46.1 Å². The smallest absolute Gasteiger partial charge is 0.255 e. The van der Waals surface area contributed by atoms with E-state index in [1.165, 1.54) is 19.3 Å². The molecule has 1 saturated heterocycles. The number of hydrogen-bond acceptors (Lipinski definition) is 3. The highest BCUT2D eigenvalue weighted by molar-refractivity contribution is 5.96. The number of aryl methyl sites for hydroxylation is 2. The first-order valence-corrected chi connectivity index (χ1v) is 7.12. The van der Waals surface area contributed by atoms with Crippen molar-refractivity contribution in [2.75, 3.05) is 19.6 Å². The maximum absolute atomic E-state index is 12.2. The predicted molar refractivity (Wildman–Crippen MR) is 75.3 cm³/mol. The van der Waals surface area contributed by atoms with Crippen molar-refractivity contribution in [2.24, 2.45) is 0 Å². The van der Waals surface area contributed by atoms with Crippen molar-refractivity contribution in [3.05, 3.63) is 17.0 Å². The predicted octanol–water partition coefficient (Wildman–Crippen LogP) is 1.63. The molecule has 106 valence electrons. The summed E-state index contributed by atoms with van der Waals surface area (Å²) < 4.78 is 0.